The number of nitrogens with one attached hydrogen (secondary N) is 2. The first-order chi connectivity index (χ1) is 13.0. The van der Waals surface area contributed by atoms with Crippen LogP contribution in [0.3, 0.4) is 0 Å². The second-order valence-corrected chi connectivity index (χ2v) is 6.76. The minimum Gasteiger partial charge on any atom is -0.492 e. The van der Waals surface area contributed by atoms with Gasteiger partial charge in [-0.1, -0.05) is 31.7 Å². The number of hydrogen-bond acceptors (Lipinski definition) is 4. The molecule has 2 aromatic rings. The summed E-state index contributed by atoms with van der Waals surface area (Å²) in [5.41, 5.74) is 1.13. The molecule has 0 aliphatic rings. The normalized spacial score (nSPS) is 10.0. The van der Waals surface area contributed by atoms with E-state index in [9.17, 15) is 4.79 Å². The highest BCUT2D eigenvalue weighted by Crippen LogP contribution is 2.26. The predicted octanol–water partition coefficient (Wildman–Crippen LogP) is 4.93. The zero-order valence-corrected chi connectivity index (χ0v) is 17.4. The largest absolute Gasteiger partial charge is 0.492 e. The number of anilines is 1. The fraction of sp³-hybridized carbons (Fsp3) is 0.200. The van der Waals surface area contributed by atoms with Crippen molar-refractivity contribution in [1.82, 2.24) is 5.32 Å². The fourth-order valence-electron chi connectivity index (χ4n) is 2.14. The zero-order valence-electron chi connectivity index (χ0n) is 15.0. The van der Waals surface area contributed by atoms with Gasteiger partial charge in [0.05, 0.1) is 16.8 Å². The average molecular weight is 449 g/mol. The van der Waals surface area contributed by atoms with E-state index in [0.717, 1.165) is 6.42 Å². The number of ether oxygens (including phenoxy) is 2. The van der Waals surface area contributed by atoms with E-state index in [-0.39, 0.29) is 11.0 Å². The van der Waals surface area contributed by atoms with E-state index in [1.807, 2.05) is 31.2 Å². The SMILES string of the molecule is C=CCOc1ccccc1NC(=S)NC(=O)c1ccc(OCCC)c(Br)c1. The Bertz CT molecular complexity index is 827. The van der Waals surface area contributed by atoms with Crippen molar-refractivity contribution in [3.63, 3.8) is 0 Å². The van der Waals surface area contributed by atoms with Crippen LogP contribution in [-0.4, -0.2) is 24.2 Å². The van der Waals surface area contributed by atoms with Crippen molar-refractivity contribution in [2.24, 2.45) is 0 Å². The highest BCUT2D eigenvalue weighted by atomic mass is 79.9. The number of carbonyl (C=O) groups is 1. The number of halogens is 1. The number of rotatable bonds is 8. The summed E-state index contributed by atoms with van der Waals surface area (Å²) in [4.78, 5) is 12.4. The first-order valence-electron chi connectivity index (χ1n) is 8.42. The van der Waals surface area contributed by atoms with Crippen molar-refractivity contribution in [2.75, 3.05) is 18.5 Å². The molecule has 27 heavy (non-hydrogen) atoms. The number of amides is 1. The van der Waals surface area contributed by atoms with Crippen LogP contribution in [0, 0.1) is 0 Å². The van der Waals surface area contributed by atoms with Crippen molar-refractivity contribution in [1.29, 1.82) is 0 Å². The molecule has 0 aliphatic heterocycles. The Kier molecular flexibility index (Phi) is 8.29. The number of benzene rings is 2. The van der Waals surface area contributed by atoms with Crippen LogP contribution in [0.4, 0.5) is 5.69 Å². The molecule has 0 saturated heterocycles. The van der Waals surface area contributed by atoms with Crippen LogP contribution in [0.1, 0.15) is 23.7 Å². The molecule has 1 amide bonds. The van der Waals surface area contributed by atoms with Gasteiger partial charge in [-0.25, -0.2) is 0 Å². The summed E-state index contributed by atoms with van der Waals surface area (Å²) in [5.74, 6) is 0.997. The maximum atomic E-state index is 12.4. The van der Waals surface area contributed by atoms with E-state index in [1.165, 1.54) is 0 Å². The minimum absolute atomic E-state index is 0.178. The van der Waals surface area contributed by atoms with Crippen LogP contribution in [0.15, 0.2) is 59.6 Å². The molecule has 0 unspecified atom stereocenters. The van der Waals surface area contributed by atoms with E-state index in [1.54, 1.807) is 24.3 Å². The fourth-order valence-corrected chi connectivity index (χ4v) is 2.84. The highest BCUT2D eigenvalue weighted by molar-refractivity contribution is 9.10. The molecule has 0 radical (unpaired) electrons. The van der Waals surface area contributed by atoms with E-state index in [0.29, 0.717) is 40.4 Å². The predicted molar refractivity (Wildman–Crippen MR) is 116 cm³/mol. The second-order valence-electron chi connectivity index (χ2n) is 5.50. The van der Waals surface area contributed by atoms with Crippen LogP contribution in [0.2, 0.25) is 0 Å². The number of para-hydroxylation sites is 2. The first kappa shape index (κ1) is 20.9. The Morgan fingerprint density at radius 1 is 1.22 bits per heavy atom. The van der Waals surface area contributed by atoms with Crippen LogP contribution in [-0.2, 0) is 0 Å². The Hall–Kier alpha value is -2.38. The number of carbonyl (C=O) groups excluding carboxylic acids is 1. The topological polar surface area (TPSA) is 59.6 Å². The van der Waals surface area contributed by atoms with Gasteiger partial charge in [0.15, 0.2) is 5.11 Å². The van der Waals surface area contributed by atoms with E-state index in [4.69, 9.17) is 21.7 Å². The van der Waals surface area contributed by atoms with Crippen molar-refractivity contribution in [3.8, 4) is 11.5 Å². The first-order valence-corrected chi connectivity index (χ1v) is 9.62. The van der Waals surface area contributed by atoms with Gasteiger partial charge < -0.3 is 14.8 Å². The van der Waals surface area contributed by atoms with Crippen molar-refractivity contribution < 1.29 is 14.3 Å². The Labute approximate surface area is 172 Å². The summed E-state index contributed by atoms with van der Waals surface area (Å²) in [7, 11) is 0. The van der Waals surface area contributed by atoms with E-state index < -0.39 is 0 Å². The molecule has 0 heterocycles. The maximum Gasteiger partial charge on any atom is 0.257 e. The molecule has 0 atom stereocenters. The lowest BCUT2D eigenvalue weighted by Crippen LogP contribution is -2.34. The number of hydrogen-bond donors (Lipinski definition) is 2. The maximum absolute atomic E-state index is 12.4. The molecule has 2 aromatic carbocycles. The quantitative estimate of drug-likeness (QED) is 0.442. The third kappa shape index (κ3) is 6.37. The molecule has 0 spiro atoms. The lowest BCUT2D eigenvalue weighted by molar-refractivity contribution is 0.0977. The van der Waals surface area contributed by atoms with Crippen LogP contribution in [0.25, 0.3) is 0 Å². The third-order valence-corrected chi connectivity index (χ3v) is 4.20. The number of thiocarbonyl (C=S) groups is 1. The molecule has 2 N–H and O–H groups in total. The van der Waals surface area contributed by atoms with Gasteiger partial charge in [-0.2, -0.15) is 0 Å². The van der Waals surface area contributed by atoms with Gasteiger partial charge >= 0.3 is 0 Å². The molecular formula is C20H21BrN2O3S. The van der Waals surface area contributed by atoms with Crippen molar-refractivity contribution in [2.45, 2.75) is 13.3 Å². The molecule has 0 aromatic heterocycles. The Morgan fingerprint density at radius 3 is 2.70 bits per heavy atom. The Morgan fingerprint density at radius 2 is 2.00 bits per heavy atom. The van der Waals surface area contributed by atoms with Gasteiger partial charge in [-0.05, 0) is 64.9 Å². The molecule has 7 heteroatoms. The summed E-state index contributed by atoms with van der Waals surface area (Å²) in [6.07, 6.45) is 2.56. The summed E-state index contributed by atoms with van der Waals surface area (Å²) >= 11 is 8.67. The minimum atomic E-state index is -0.320. The lowest BCUT2D eigenvalue weighted by Gasteiger charge is -2.14. The van der Waals surface area contributed by atoms with E-state index in [2.05, 4.69) is 33.1 Å². The molecule has 0 bridgehead atoms. The summed E-state index contributed by atoms with van der Waals surface area (Å²) < 4.78 is 11.9. The molecular weight excluding hydrogens is 428 g/mol. The molecule has 5 nitrogen and oxygen atoms in total. The van der Waals surface area contributed by atoms with Crippen LogP contribution < -0.4 is 20.1 Å². The third-order valence-electron chi connectivity index (χ3n) is 3.37. The summed E-state index contributed by atoms with van der Waals surface area (Å²) in [5, 5.41) is 5.82. The average Bonchev–Trinajstić information content (AvgIpc) is 2.66. The molecule has 2 rings (SSSR count). The summed E-state index contributed by atoms with van der Waals surface area (Å²) in [6.45, 7) is 6.65. The van der Waals surface area contributed by atoms with Gasteiger partial charge in [0.2, 0.25) is 0 Å². The Balaban J connectivity index is 2.01. The second kappa shape index (κ2) is 10.7. The monoisotopic (exact) mass is 448 g/mol. The zero-order chi connectivity index (χ0) is 19.6. The van der Waals surface area contributed by atoms with Crippen molar-refractivity contribution in [3.05, 3.63) is 65.2 Å². The lowest BCUT2D eigenvalue weighted by atomic mass is 10.2. The standard InChI is InChI=1S/C20H21BrN2O3S/c1-3-11-25-17-10-9-14(13-15(17)21)19(24)23-20(27)22-16-7-5-6-8-18(16)26-12-4-2/h4-10,13H,2-3,11-12H2,1H3,(H2,22,23,24,27). The molecule has 0 aliphatic carbocycles. The summed E-state index contributed by atoms with van der Waals surface area (Å²) in [6, 6.07) is 12.5. The van der Waals surface area contributed by atoms with Gasteiger partial charge in [0.1, 0.15) is 18.1 Å². The van der Waals surface area contributed by atoms with Crippen LogP contribution >= 0.6 is 28.1 Å². The van der Waals surface area contributed by atoms with Crippen molar-refractivity contribution >= 4 is 44.9 Å². The van der Waals surface area contributed by atoms with Gasteiger partial charge in [-0.15, -0.1) is 0 Å². The van der Waals surface area contributed by atoms with Gasteiger partial charge in [0.25, 0.3) is 5.91 Å². The van der Waals surface area contributed by atoms with Gasteiger partial charge in [-0.3, -0.25) is 10.1 Å². The van der Waals surface area contributed by atoms with Gasteiger partial charge in [0, 0.05) is 5.56 Å². The highest BCUT2D eigenvalue weighted by Gasteiger charge is 2.12. The molecule has 0 fully saturated rings. The molecule has 142 valence electrons. The van der Waals surface area contributed by atoms with Crippen LogP contribution in [0.5, 0.6) is 11.5 Å². The smallest absolute Gasteiger partial charge is 0.257 e. The van der Waals surface area contributed by atoms with E-state index >= 15 is 0 Å². The molecule has 0 saturated carbocycles.